The van der Waals surface area contributed by atoms with Gasteiger partial charge in [-0.25, -0.2) is 0 Å². The van der Waals surface area contributed by atoms with Gasteiger partial charge in [-0.05, 0) is 80.9 Å². The maximum Gasteiger partial charge on any atom is 0.149 e. The monoisotopic (exact) mass is 352 g/mol. The molecule has 2 atom stereocenters. The highest BCUT2D eigenvalue weighted by molar-refractivity contribution is 5.73. The van der Waals surface area contributed by atoms with Crippen molar-refractivity contribution in [3.8, 4) is 17.0 Å². The predicted octanol–water partition coefficient (Wildman–Crippen LogP) is 3.40. The number of anilines is 1. The van der Waals surface area contributed by atoms with Crippen molar-refractivity contribution in [1.29, 1.82) is 0 Å². The molecule has 0 unspecified atom stereocenters. The Labute approximate surface area is 155 Å². The Kier molecular flexibility index (Phi) is 4.57. The zero-order valence-electron chi connectivity index (χ0n) is 15.9. The number of aromatic nitrogens is 2. The maximum absolute atomic E-state index is 10.7. The summed E-state index contributed by atoms with van der Waals surface area (Å²) in [5, 5.41) is 23.1. The van der Waals surface area contributed by atoms with E-state index in [0.29, 0.717) is 17.7 Å². The molecule has 1 aliphatic heterocycles. The van der Waals surface area contributed by atoms with Crippen LogP contribution in [0.15, 0.2) is 18.2 Å². The lowest BCUT2D eigenvalue weighted by Crippen LogP contribution is -2.45. The van der Waals surface area contributed by atoms with Crippen LogP contribution in [0, 0.1) is 12.8 Å². The topological polar surface area (TPSA) is 61.3 Å². The number of rotatable bonds is 3. The van der Waals surface area contributed by atoms with Gasteiger partial charge in [0.1, 0.15) is 11.6 Å². The second kappa shape index (κ2) is 6.88. The predicted molar refractivity (Wildman–Crippen MR) is 105 cm³/mol. The molecular formula is C21H28N4O. The lowest BCUT2D eigenvalue weighted by molar-refractivity contribution is 0.211. The Morgan fingerprint density at radius 2 is 2.08 bits per heavy atom. The van der Waals surface area contributed by atoms with Gasteiger partial charge in [-0.1, -0.05) is 13.0 Å². The number of likely N-dealkylation sites (tertiary alicyclic amines) is 1. The number of benzene rings is 1. The highest BCUT2D eigenvalue weighted by Gasteiger charge is 2.25. The molecule has 4 rings (SSSR count). The van der Waals surface area contributed by atoms with Gasteiger partial charge in [0.15, 0.2) is 0 Å². The molecule has 2 aliphatic rings. The lowest BCUT2D eigenvalue weighted by Gasteiger charge is -2.35. The largest absolute Gasteiger partial charge is 0.507 e. The Hall–Kier alpha value is -2.14. The third kappa shape index (κ3) is 3.16. The van der Waals surface area contributed by atoms with Crippen molar-refractivity contribution >= 4 is 5.82 Å². The number of likely N-dealkylation sites (N-methyl/N-ethyl adjacent to an activating group) is 1. The number of piperidine rings is 1. The Morgan fingerprint density at radius 3 is 2.88 bits per heavy atom. The van der Waals surface area contributed by atoms with Crippen LogP contribution in [-0.2, 0) is 12.8 Å². The quantitative estimate of drug-likeness (QED) is 0.886. The molecule has 2 heterocycles. The SMILES string of the molecule is Cc1cc(N[C@@H]2CN(C)CC[C@@H]2C)nnc1-c1ccc2c(c1O)CCC2. The van der Waals surface area contributed by atoms with Gasteiger partial charge >= 0.3 is 0 Å². The number of hydrogen-bond donors (Lipinski definition) is 2. The summed E-state index contributed by atoms with van der Waals surface area (Å²) in [5.74, 6) is 1.83. The van der Waals surface area contributed by atoms with Crippen molar-refractivity contribution in [2.45, 2.75) is 45.6 Å². The molecule has 1 aromatic carbocycles. The number of hydrogen-bond acceptors (Lipinski definition) is 5. The summed E-state index contributed by atoms with van der Waals surface area (Å²) >= 11 is 0. The first-order valence-corrected chi connectivity index (χ1v) is 9.66. The summed E-state index contributed by atoms with van der Waals surface area (Å²) in [6.07, 6.45) is 4.33. The van der Waals surface area contributed by atoms with Gasteiger partial charge in [0.25, 0.3) is 0 Å². The second-order valence-electron chi connectivity index (χ2n) is 7.99. The fraction of sp³-hybridized carbons (Fsp3) is 0.524. The fourth-order valence-electron chi connectivity index (χ4n) is 4.27. The summed E-state index contributed by atoms with van der Waals surface area (Å²) in [6, 6.07) is 6.56. The molecule has 5 heteroatoms. The second-order valence-corrected chi connectivity index (χ2v) is 7.99. The number of aryl methyl sites for hydroxylation is 2. The summed E-state index contributed by atoms with van der Waals surface area (Å²) in [7, 11) is 2.16. The third-order valence-corrected chi connectivity index (χ3v) is 5.99. The fourth-order valence-corrected chi connectivity index (χ4v) is 4.27. The molecule has 2 N–H and O–H groups in total. The summed E-state index contributed by atoms with van der Waals surface area (Å²) in [4.78, 5) is 2.36. The average molecular weight is 352 g/mol. The normalized spacial score (nSPS) is 23.0. The molecule has 1 fully saturated rings. The molecule has 138 valence electrons. The van der Waals surface area contributed by atoms with E-state index in [2.05, 4.69) is 46.5 Å². The van der Waals surface area contributed by atoms with Crippen LogP contribution in [0.25, 0.3) is 11.3 Å². The van der Waals surface area contributed by atoms with Gasteiger partial charge in [-0.3, -0.25) is 0 Å². The molecule has 1 saturated heterocycles. The third-order valence-electron chi connectivity index (χ3n) is 5.99. The number of phenols is 1. The van der Waals surface area contributed by atoms with Gasteiger partial charge in [0.05, 0.1) is 5.69 Å². The highest BCUT2D eigenvalue weighted by Crippen LogP contribution is 2.38. The van der Waals surface area contributed by atoms with Crippen LogP contribution in [0.1, 0.15) is 36.5 Å². The Balaban J connectivity index is 1.59. The molecule has 5 nitrogen and oxygen atoms in total. The molecule has 0 amide bonds. The van der Waals surface area contributed by atoms with Gasteiger partial charge in [0, 0.05) is 18.2 Å². The summed E-state index contributed by atoms with van der Waals surface area (Å²) in [6.45, 7) is 6.51. The number of fused-ring (bicyclic) bond motifs is 1. The van der Waals surface area contributed by atoms with Crippen LogP contribution in [-0.4, -0.2) is 46.4 Å². The molecule has 0 saturated carbocycles. The van der Waals surface area contributed by atoms with Crippen molar-refractivity contribution in [3.05, 3.63) is 34.9 Å². The van der Waals surface area contributed by atoms with Gasteiger partial charge in [-0.15, -0.1) is 10.2 Å². The molecule has 0 bridgehead atoms. The number of aromatic hydroxyl groups is 1. The van der Waals surface area contributed by atoms with Crippen molar-refractivity contribution in [3.63, 3.8) is 0 Å². The van der Waals surface area contributed by atoms with E-state index >= 15 is 0 Å². The molecule has 0 radical (unpaired) electrons. The first-order valence-electron chi connectivity index (χ1n) is 9.66. The van der Waals surface area contributed by atoms with Crippen LogP contribution in [0.5, 0.6) is 5.75 Å². The van der Waals surface area contributed by atoms with Gasteiger partial charge in [-0.2, -0.15) is 0 Å². The average Bonchev–Trinajstić information content (AvgIpc) is 3.09. The number of nitrogens with zero attached hydrogens (tertiary/aromatic N) is 3. The molecule has 2 aromatic rings. The molecule has 1 aromatic heterocycles. The van der Waals surface area contributed by atoms with Crippen LogP contribution in [0.3, 0.4) is 0 Å². The van der Waals surface area contributed by atoms with Crippen molar-refractivity contribution in [2.24, 2.45) is 5.92 Å². The van der Waals surface area contributed by atoms with E-state index in [1.165, 1.54) is 12.0 Å². The van der Waals surface area contributed by atoms with E-state index in [1.54, 1.807) is 0 Å². The Bertz CT molecular complexity index is 820. The zero-order valence-corrected chi connectivity index (χ0v) is 15.9. The van der Waals surface area contributed by atoms with Crippen LogP contribution >= 0.6 is 0 Å². The van der Waals surface area contributed by atoms with Gasteiger partial charge in [0.2, 0.25) is 0 Å². The maximum atomic E-state index is 10.7. The van der Waals surface area contributed by atoms with Crippen LogP contribution < -0.4 is 5.32 Å². The van der Waals surface area contributed by atoms with E-state index in [-0.39, 0.29) is 0 Å². The minimum atomic E-state index is 0.389. The lowest BCUT2D eigenvalue weighted by atomic mass is 9.94. The first-order chi connectivity index (χ1) is 12.5. The summed E-state index contributed by atoms with van der Waals surface area (Å²) < 4.78 is 0. The minimum Gasteiger partial charge on any atom is -0.507 e. The first kappa shape index (κ1) is 17.3. The van der Waals surface area contributed by atoms with Crippen LogP contribution in [0.2, 0.25) is 0 Å². The van der Waals surface area contributed by atoms with Crippen molar-refractivity contribution < 1.29 is 5.11 Å². The van der Waals surface area contributed by atoms with E-state index in [9.17, 15) is 5.11 Å². The molecule has 0 spiro atoms. The smallest absolute Gasteiger partial charge is 0.149 e. The molecule has 1 aliphatic carbocycles. The van der Waals surface area contributed by atoms with Crippen molar-refractivity contribution in [1.82, 2.24) is 15.1 Å². The van der Waals surface area contributed by atoms with E-state index in [1.807, 2.05) is 13.0 Å². The Morgan fingerprint density at radius 1 is 1.23 bits per heavy atom. The standard InChI is InChI=1S/C21H28N4O/c1-13-9-10-25(3)12-18(13)22-19-11-14(2)20(24-23-19)17-8-7-15-5-4-6-16(15)21(17)26/h7-8,11,13,18,26H,4-6,9-10,12H2,1-3H3,(H,22,23)/t13-,18+/m0/s1. The number of nitrogens with one attached hydrogen (secondary N) is 1. The molecular weight excluding hydrogens is 324 g/mol. The summed E-state index contributed by atoms with van der Waals surface area (Å²) in [5.41, 5.74) is 4.97. The highest BCUT2D eigenvalue weighted by atomic mass is 16.3. The minimum absolute atomic E-state index is 0.389. The molecule has 26 heavy (non-hydrogen) atoms. The van der Waals surface area contributed by atoms with Crippen molar-refractivity contribution in [2.75, 3.05) is 25.5 Å². The zero-order chi connectivity index (χ0) is 18.3. The van der Waals surface area contributed by atoms with E-state index in [0.717, 1.165) is 60.6 Å². The van der Waals surface area contributed by atoms with E-state index < -0.39 is 0 Å². The van der Waals surface area contributed by atoms with E-state index in [4.69, 9.17) is 0 Å². The number of phenolic OH excluding ortho intramolecular Hbond substituents is 1. The van der Waals surface area contributed by atoms with Crippen LogP contribution in [0.4, 0.5) is 5.82 Å². The van der Waals surface area contributed by atoms with Gasteiger partial charge < -0.3 is 15.3 Å².